The van der Waals surface area contributed by atoms with Crippen molar-refractivity contribution in [3.05, 3.63) is 59.1 Å². The Morgan fingerprint density at radius 3 is 2.13 bits per heavy atom. The first-order valence-electron chi connectivity index (χ1n) is 17.0. The first-order chi connectivity index (χ1) is 21.8. The lowest BCUT2D eigenvalue weighted by Crippen LogP contribution is -2.58. The van der Waals surface area contributed by atoms with Gasteiger partial charge in [-0.05, 0) is 87.6 Å². The van der Waals surface area contributed by atoms with Crippen LogP contribution < -0.4 is 15.4 Å². The van der Waals surface area contributed by atoms with E-state index in [1.54, 1.807) is 12.0 Å². The predicted molar refractivity (Wildman–Crippen MR) is 182 cm³/mol. The number of ether oxygens (including phenoxy) is 1. The maximum atomic E-state index is 14.2. The number of piperidine rings is 1. The molecule has 3 aliphatic rings. The molecule has 0 unspecified atom stereocenters. The maximum absolute atomic E-state index is 14.2. The molecule has 3 fully saturated rings. The van der Waals surface area contributed by atoms with Gasteiger partial charge in [0.15, 0.2) is 0 Å². The van der Waals surface area contributed by atoms with Crippen LogP contribution in [-0.2, 0) is 11.2 Å². The lowest BCUT2D eigenvalue weighted by Gasteiger charge is -2.45. The minimum atomic E-state index is -0.302. The molecule has 0 radical (unpaired) electrons. The monoisotopic (exact) mass is 637 g/mol. The molecular formula is C36H52ClN5O3. The van der Waals surface area contributed by atoms with Gasteiger partial charge < -0.3 is 30.1 Å². The minimum Gasteiger partial charge on any atom is -0.495 e. The van der Waals surface area contributed by atoms with Gasteiger partial charge in [0.25, 0.3) is 0 Å². The SMILES string of the molecule is COc1ccccc1NC1CCC(N[C@@H](Cc2ccc(Cl)cc2)C(=O)N2CCC(N(C(=O)N(C)C)C3CCCCC3)CC2)CC1. The van der Waals surface area contributed by atoms with E-state index in [2.05, 4.69) is 21.6 Å². The van der Waals surface area contributed by atoms with Crippen molar-refractivity contribution < 1.29 is 14.3 Å². The Bertz CT molecular complexity index is 1240. The van der Waals surface area contributed by atoms with Gasteiger partial charge in [-0.2, -0.15) is 0 Å². The molecule has 3 amide bonds. The summed E-state index contributed by atoms with van der Waals surface area (Å²) in [5, 5.41) is 8.17. The molecule has 9 heteroatoms. The molecule has 8 nitrogen and oxygen atoms in total. The van der Waals surface area contributed by atoms with Crippen molar-refractivity contribution in [1.29, 1.82) is 0 Å². The number of benzene rings is 2. The summed E-state index contributed by atoms with van der Waals surface area (Å²) in [7, 11) is 5.41. The van der Waals surface area contributed by atoms with Crippen LogP contribution in [0.4, 0.5) is 10.5 Å². The van der Waals surface area contributed by atoms with Gasteiger partial charge in [-0.25, -0.2) is 4.79 Å². The van der Waals surface area contributed by atoms with Crippen LogP contribution in [0.25, 0.3) is 0 Å². The smallest absolute Gasteiger partial charge is 0.319 e. The standard InChI is InChI=1S/C36H52ClN5O3/c1-40(2)36(44)42(30-9-5-4-6-10-30)31-21-23-41(24-22-31)35(43)33(25-26-13-15-27(37)16-14-26)39-29-19-17-28(18-20-29)38-32-11-7-8-12-34(32)45-3/h7-8,11-16,28-31,33,38-39H,4-6,9-10,17-25H2,1-3H3/t28?,29?,33-/m0/s1. The first kappa shape index (κ1) is 33.4. The second-order valence-corrected chi connectivity index (χ2v) is 13.8. The zero-order chi connectivity index (χ0) is 31.8. The molecule has 1 heterocycles. The van der Waals surface area contributed by atoms with Crippen molar-refractivity contribution in [2.75, 3.05) is 39.6 Å². The largest absolute Gasteiger partial charge is 0.495 e. The van der Waals surface area contributed by atoms with E-state index in [1.807, 2.05) is 61.5 Å². The van der Waals surface area contributed by atoms with Crippen molar-refractivity contribution in [3.63, 3.8) is 0 Å². The molecule has 0 aromatic heterocycles. The molecule has 246 valence electrons. The molecule has 2 aliphatic carbocycles. The average molecular weight is 638 g/mol. The number of rotatable bonds is 10. The highest BCUT2D eigenvalue weighted by Crippen LogP contribution is 2.31. The summed E-state index contributed by atoms with van der Waals surface area (Å²) < 4.78 is 5.53. The lowest BCUT2D eigenvalue weighted by atomic mass is 9.89. The molecule has 1 aliphatic heterocycles. The van der Waals surface area contributed by atoms with Crippen molar-refractivity contribution >= 4 is 29.2 Å². The van der Waals surface area contributed by atoms with Crippen molar-refractivity contribution in [2.24, 2.45) is 0 Å². The Morgan fingerprint density at radius 2 is 1.49 bits per heavy atom. The van der Waals surface area contributed by atoms with E-state index >= 15 is 0 Å². The van der Waals surface area contributed by atoms with E-state index in [9.17, 15) is 9.59 Å². The Hall–Kier alpha value is -2.97. The molecule has 0 spiro atoms. The Balaban J connectivity index is 1.21. The van der Waals surface area contributed by atoms with Gasteiger partial charge >= 0.3 is 6.03 Å². The number of hydrogen-bond acceptors (Lipinski definition) is 5. The summed E-state index contributed by atoms with van der Waals surface area (Å²) in [6.45, 7) is 1.36. The highest BCUT2D eigenvalue weighted by Gasteiger charge is 2.37. The quantitative estimate of drug-likeness (QED) is 0.308. The summed E-state index contributed by atoms with van der Waals surface area (Å²) in [5.41, 5.74) is 2.14. The van der Waals surface area contributed by atoms with Crippen molar-refractivity contribution in [2.45, 2.75) is 107 Å². The number of likely N-dealkylation sites (tertiary alicyclic amines) is 1. The van der Waals surface area contributed by atoms with Gasteiger partial charge in [0.2, 0.25) is 5.91 Å². The van der Waals surface area contributed by atoms with Crippen molar-refractivity contribution in [3.8, 4) is 5.75 Å². The number of nitrogens with zero attached hydrogens (tertiary/aromatic N) is 3. The second kappa shape index (κ2) is 16.0. The first-order valence-corrected chi connectivity index (χ1v) is 17.4. The van der Waals surface area contributed by atoms with Crippen LogP contribution in [0.3, 0.4) is 0 Å². The van der Waals surface area contributed by atoms with Crippen LogP contribution in [0.15, 0.2) is 48.5 Å². The number of carbonyl (C=O) groups is 2. The van der Waals surface area contributed by atoms with E-state index in [0.717, 1.165) is 68.4 Å². The topological polar surface area (TPSA) is 77.1 Å². The van der Waals surface area contributed by atoms with E-state index in [-0.39, 0.29) is 30.1 Å². The van der Waals surface area contributed by atoms with E-state index in [4.69, 9.17) is 16.3 Å². The number of hydrogen-bond donors (Lipinski definition) is 2. The fourth-order valence-corrected chi connectivity index (χ4v) is 7.66. The molecular weight excluding hydrogens is 586 g/mol. The highest BCUT2D eigenvalue weighted by atomic mass is 35.5. The van der Waals surface area contributed by atoms with Crippen LogP contribution in [0.2, 0.25) is 5.02 Å². The molecule has 2 aromatic rings. The molecule has 2 saturated carbocycles. The van der Waals surface area contributed by atoms with Gasteiger partial charge in [-0.1, -0.05) is 55.1 Å². The van der Waals surface area contributed by atoms with E-state index < -0.39 is 0 Å². The number of nitrogens with one attached hydrogen (secondary N) is 2. The summed E-state index contributed by atoms with van der Waals surface area (Å²) in [6.07, 6.45) is 12.2. The summed E-state index contributed by atoms with van der Waals surface area (Å²) in [4.78, 5) is 33.4. The number of urea groups is 1. The summed E-state index contributed by atoms with van der Waals surface area (Å²) in [6, 6.07) is 16.9. The number of halogens is 1. The van der Waals surface area contributed by atoms with E-state index in [1.165, 1.54) is 19.3 Å². The minimum absolute atomic E-state index is 0.116. The fraction of sp³-hybridized carbons (Fsp3) is 0.611. The molecule has 5 rings (SSSR count). The lowest BCUT2D eigenvalue weighted by molar-refractivity contribution is -0.135. The molecule has 2 N–H and O–H groups in total. The number of methoxy groups -OCH3 is 1. The van der Waals surface area contributed by atoms with E-state index in [0.29, 0.717) is 36.6 Å². The number of carbonyl (C=O) groups excluding carboxylic acids is 2. The van der Waals surface area contributed by atoms with Gasteiger partial charge in [-0.15, -0.1) is 0 Å². The van der Waals surface area contributed by atoms with Crippen LogP contribution in [0.1, 0.15) is 76.2 Å². The normalized spacial score (nSPS) is 22.0. The van der Waals surface area contributed by atoms with Crippen LogP contribution in [0.5, 0.6) is 5.75 Å². The molecule has 45 heavy (non-hydrogen) atoms. The van der Waals surface area contributed by atoms with Crippen LogP contribution >= 0.6 is 11.6 Å². The van der Waals surface area contributed by atoms with Crippen LogP contribution in [-0.4, -0.2) is 91.1 Å². The molecule has 0 bridgehead atoms. The summed E-state index contributed by atoms with van der Waals surface area (Å²) >= 11 is 6.18. The summed E-state index contributed by atoms with van der Waals surface area (Å²) in [5.74, 6) is 1.03. The Morgan fingerprint density at radius 1 is 0.867 bits per heavy atom. The third kappa shape index (κ3) is 8.85. The van der Waals surface area contributed by atoms with Crippen LogP contribution in [0, 0.1) is 0 Å². The molecule has 1 atom stereocenters. The third-order valence-corrected chi connectivity index (χ3v) is 10.3. The average Bonchev–Trinajstić information content (AvgIpc) is 3.07. The number of para-hydroxylation sites is 2. The Kier molecular flexibility index (Phi) is 11.9. The molecule has 2 aromatic carbocycles. The zero-order valence-corrected chi connectivity index (χ0v) is 28.1. The molecule has 1 saturated heterocycles. The van der Waals surface area contributed by atoms with Gasteiger partial charge in [0.1, 0.15) is 5.75 Å². The fourth-order valence-electron chi connectivity index (χ4n) is 7.53. The van der Waals surface area contributed by atoms with Gasteiger partial charge in [0, 0.05) is 56.4 Å². The van der Waals surface area contributed by atoms with Crippen molar-refractivity contribution in [1.82, 2.24) is 20.0 Å². The Labute approximate surface area is 274 Å². The predicted octanol–water partition coefficient (Wildman–Crippen LogP) is 6.58. The van der Waals surface area contributed by atoms with Gasteiger partial charge in [-0.3, -0.25) is 4.79 Å². The highest BCUT2D eigenvalue weighted by molar-refractivity contribution is 6.30. The third-order valence-electron chi connectivity index (χ3n) is 10.0. The number of anilines is 1. The second-order valence-electron chi connectivity index (χ2n) is 13.4. The zero-order valence-electron chi connectivity index (χ0n) is 27.3. The number of amides is 3. The van der Waals surface area contributed by atoms with Gasteiger partial charge in [0.05, 0.1) is 18.8 Å². The maximum Gasteiger partial charge on any atom is 0.319 e.